The van der Waals surface area contributed by atoms with Gasteiger partial charge in [0.1, 0.15) is 5.82 Å². The second-order valence-corrected chi connectivity index (χ2v) is 7.61. The second kappa shape index (κ2) is 8.55. The van der Waals surface area contributed by atoms with E-state index in [1.807, 2.05) is 35.2 Å². The Labute approximate surface area is 168 Å². The van der Waals surface area contributed by atoms with Crippen LogP contribution in [0.5, 0.6) is 0 Å². The smallest absolute Gasteiger partial charge is 0.281 e. The van der Waals surface area contributed by atoms with Gasteiger partial charge >= 0.3 is 0 Å². The van der Waals surface area contributed by atoms with E-state index >= 15 is 0 Å². The summed E-state index contributed by atoms with van der Waals surface area (Å²) in [6.07, 6.45) is 4.17. The lowest BCUT2D eigenvalue weighted by Crippen LogP contribution is -2.38. The molecule has 0 spiro atoms. The van der Waals surface area contributed by atoms with Crippen molar-refractivity contribution in [2.24, 2.45) is 0 Å². The van der Waals surface area contributed by atoms with Gasteiger partial charge in [-0.05, 0) is 24.8 Å². The quantitative estimate of drug-likeness (QED) is 0.693. The number of piperidine rings is 1. The van der Waals surface area contributed by atoms with E-state index in [1.165, 1.54) is 0 Å². The van der Waals surface area contributed by atoms with Crippen molar-refractivity contribution in [1.82, 2.24) is 29.9 Å². The zero-order valence-corrected chi connectivity index (χ0v) is 16.7. The minimum Gasteiger partial charge on any atom is -0.343 e. The van der Waals surface area contributed by atoms with E-state index in [0.717, 1.165) is 31.2 Å². The molecular weight excluding hydrogens is 368 g/mol. The van der Waals surface area contributed by atoms with Crippen LogP contribution in [-0.2, 0) is 11.3 Å². The number of fused-ring (bicyclic) bond motifs is 1. The summed E-state index contributed by atoms with van der Waals surface area (Å²) in [5, 5.41) is 8.15. The fourth-order valence-corrected chi connectivity index (χ4v) is 3.83. The van der Waals surface area contributed by atoms with Gasteiger partial charge in [0.2, 0.25) is 5.91 Å². The van der Waals surface area contributed by atoms with E-state index in [1.54, 1.807) is 4.68 Å². The van der Waals surface area contributed by atoms with Crippen LogP contribution in [-0.4, -0.2) is 48.9 Å². The molecule has 1 aliphatic rings. The number of nitrogens with zero attached hydrogens (tertiary/aromatic N) is 5. The molecule has 3 heterocycles. The number of likely N-dealkylation sites (tertiary alicyclic amines) is 1. The third-order valence-electron chi connectivity index (χ3n) is 5.55. The lowest BCUT2D eigenvalue weighted by molar-refractivity contribution is -0.132. The number of carbonyl (C=O) groups excluding carboxylic acids is 1. The van der Waals surface area contributed by atoms with Gasteiger partial charge in [0, 0.05) is 25.4 Å². The van der Waals surface area contributed by atoms with Crippen molar-refractivity contribution in [1.29, 1.82) is 0 Å². The maximum atomic E-state index is 12.5. The molecule has 1 N–H and O–H groups in total. The number of carbonyl (C=O) groups is 1. The number of nitrogens with one attached hydrogen (secondary N) is 1. The Morgan fingerprint density at radius 2 is 1.97 bits per heavy atom. The Hall–Kier alpha value is -3.03. The van der Waals surface area contributed by atoms with Gasteiger partial charge in [-0.1, -0.05) is 48.9 Å². The maximum absolute atomic E-state index is 12.5. The molecule has 3 aromatic rings. The molecule has 1 fully saturated rings. The molecule has 1 saturated heterocycles. The predicted octanol–water partition coefficient (Wildman–Crippen LogP) is 2.46. The topological polar surface area (TPSA) is 96.8 Å². The van der Waals surface area contributed by atoms with Gasteiger partial charge in [-0.2, -0.15) is 0 Å². The Bertz CT molecular complexity index is 1030. The molecule has 152 valence electrons. The standard InChI is InChI=1S/C21H26N6O2/c1-2-3-9-17(28)26-12-10-16(11-13-26)19-22-20-18(21(29)23-19)24-25-27(20)14-15-7-5-4-6-8-15/h4-8,16H,2-3,9-14H2,1H3,(H,22,23,29). The zero-order chi connectivity index (χ0) is 20.2. The van der Waals surface area contributed by atoms with Crippen molar-refractivity contribution in [3.05, 3.63) is 52.1 Å². The van der Waals surface area contributed by atoms with E-state index < -0.39 is 0 Å². The summed E-state index contributed by atoms with van der Waals surface area (Å²) in [7, 11) is 0. The molecule has 8 heteroatoms. The van der Waals surface area contributed by atoms with E-state index in [9.17, 15) is 9.59 Å². The Morgan fingerprint density at radius 3 is 2.69 bits per heavy atom. The number of amides is 1. The SMILES string of the molecule is CCCCC(=O)N1CCC(c2nc3c(nnn3Cc3ccccc3)c(=O)[nH]2)CC1. The highest BCUT2D eigenvalue weighted by atomic mass is 16.2. The molecule has 0 radical (unpaired) electrons. The van der Waals surface area contributed by atoms with E-state index in [2.05, 4.69) is 22.2 Å². The van der Waals surface area contributed by atoms with Gasteiger partial charge < -0.3 is 9.88 Å². The molecule has 2 aromatic heterocycles. The van der Waals surface area contributed by atoms with Crippen molar-refractivity contribution in [2.45, 2.75) is 51.5 Å². The summed E-state index contributed by atoms with van der Waals surface area (Å²) >= 11 is 0. The summed E-state index contributed by atoms with van der Waals surface area (Å²) in [6, 6.07) is 9.91. The van der Waals surface area contributed by atoms with Gasteiger partial charge in [-0.15, -0.1) is 5.10 Å². The van der Waals surface area contributed by atoms with Crippen molar-refractivity contribution < 1.29 is 4.79 Å². The summed E-state index contributed by atoms with van der Waals surface area (Å²) in [4.78, 5) is 34.3. The molecule has 8 nitrogen and oxygen atoms in total. The molecule has 0 bridgehead atoms. The van der Waals surface area contributed by atoms with Crippen molar-refractivity contribution in [3.63, 3.8) is 0 Å². The van der Waals surface area contributed by atoms with E-state index in [-0.39, 0.29) is 22.9 Å². The van der Waals surface area contributed by atoms with Gasteiger partial charge in [-0.3, -0.25) is 9.59 Å². The summed E-state index contributed by atoms with van der Waals surface area (Å²) in [5.41, 5.74) is 1.58. The first-order chi connectivity index (χ1) is 14.2. The molecule has 0 unspecified atom stereocenters. The van der Waals surface area contributed by atoms with Crippen LogP contribution in [0.3, 0.4) is 0 Å². The lowest BCUT2D eigenvalue weighted by Gasteiger charge is -2.31. The van der Waals surface area contributed by atoms with Crippen LogP contribution in [0.4, 0.5) is 0 Å². The van der Waals surface area contributed by atoms with Crippen LogP contribution in [0.2, 0.25) is 0 Å². The normalized spacial score (nSPS) is 15.1. The number of aromatic amines is 1. The van der Waals surface area contributed by atoms with Crippen LogP contribution >= 0.6 is 0 Å². The number of aromatic nitrogens is 5. The monoisotopic (exact) mass is 394 g/mol. The first kappa shape index (κ1) is 19.3. The van der Waals surface area contributed by atoms with Crippen molar-refractivity contribution >= 4 is 17.1 Å². The minimum atomic E-state index is -0.259. The molecule has 0 saturated carbocycles. The second-order valence-electron chi connectivity index (χ2n) is 7.61. The molecule has 29 heavy (non-hydrogen) atoms. The first-order valence-corrected chi connectivity index (χ1v) is 10.3. The highest BCUT2D eigenvalue weighted by molar-refractivity contribution is 5.76. The predicted molar refractivity (Wildman–Crippen MR) is 110 cm³/mol. The van der Waals surface area contributed by atoms with E-state index in [4.69, 9.17) is 4.98 Å². The summed E-state index contributed by atoms with van der Waals surface area (Å²) < 4.78 is 1.67. The highest BCUT2D eigenvalue weighted by Crippen LogP contribution is 2.26. The first-order valence-electron chi connectivity index (χ1n) is 10.3. The molecular formula is C21H26N6O2. The van der Waals surface area contributed by atoms with Crippen molar-refractivity contribution in [3.8, 4) is 0 Å². The Morgan fingerprint density at radius 1 is 1.21 bits per heavy atom. The average Bonchev–Trinajstić information content (AvgIpc) is 3.16. The molecule has 1 aliphatic heterocycles. The summed E-state index contributed by atoms with van der Waals surface area (Å²) in [6.45, 7) is 4.01. The summed E-state index contributed by atoms with van der Waals surface area (Å²) in [5.74, 6) is 1.02. The van der Waals surface area contributed by atoms with Gasteiger partial charge in [0.15, 0.2) is 11.2 Å². The number of H-pyrrole nitrogens is 1. The van der Waals surface area contributed by atoms with Crippen LogP contribution in [0, 0.1) is 0 Å². The number of unbranched alkanes of at least 4 members (excludes halogenated alkanes) is 1. The number of rotatable bonds is 6. The van der Waals surface area contributed by atoms with Crippen LogP contribution in [0.25, 0.3) is 11.2 Å². The largest absolute Gasteiger partial charge is 0.343 e. The van der Waals surface area contributed by atoms with E-state index in [0.29, 0.717) is 37.5 Å². The molecule has 4 rings (SSSR count). The Balaban J connectivity index is 1.52. The molecule has 0 aliphatic carbocycles. The van der Waals surface area contributed by atoms with Gasteiger partial charge in [-0.25, -0.2) is 9.67 Å². The molecule has 1 aromatic carbocycles. The van der Waals surface area contributed by atoms with Gasteiger partial charge in [0.05, 0.1) is 6.54 Å². The highest BCUT2D eigenvalue weighted by Gasteiger charge is 2.26. The van der Waals surface area contributed by atoms with Gasteiger partial charge in [0.25, 0.3) is 5.56 Å². The lowest BCUT2D eigenvalue weighted by atomic mass is 9.95. The van der Waals surface area contributed by atoms with Crippen LogP contribution < -0.4 is 5.56 Å². The average molecular weight is 394 g/mol. The van der Waals surface area contributed by atoms with Crippen LogP contribution in [0.15, 0.2) is 35.1 Å². The third kappa shape index (κ3) is 4.21. The van der Waals surface area contributed by atoms with Crippen molar-refractivity contribution in [2.75, 3.05) is 13.1 Å². The zero-order valence-electron chi connectivity index (χ0n) is 16.7. The Kier molecular flexibility index (Phi) is 5.69. The minimum absolute atomic E-state index is 0.127. The number of hydrogen-bond donors (Lipinski definition) is 1. The fourth-order valence-electron chi connectivity index (χ4n) is 3.83. The number of hydrogen-bond acceptors (Lipinski definition) is 5. The molecule has 0 atom stereocenters. The molecule has 1 amide bonds. The fraction of sp³-hybridized carbons (Fsp3) is 0.476. The maximum Gasteiger partial charge on any atom is 0.281 e. The number of benzene rings is 1. The van der Waals surface area contributed by atoms with Crippen LogP contribution in [0.1, 0.15) is 56.3 Å². The third-order valence-corrected chi connectivity index (χ3v) is 5.55.